The van der Waals surface area contributed by atoms with E-state index < -0.39 is 0 Å². The molecule has 1 aliphatic heterocycles. The Kier molecular flexibility index (Phi) is 5.34. The number of fused-ring (bicyclic) bond motifs is 1. The van der Waals surface area contributed by atoms with E-state index in [4.69, 9.17) is 14.1 Å². The van der Waals surface area contributed by atoms with E-state index in [2.05, 4.69) is 24.9 Å². The van der Waals surface area contributed by atoms with Crippen molar-refractivity contribution in [2.75, 3.05) is 36.9 Å². The van der Waals surface area contributed by atoms with Crippen molar-refractivity contribution >= 4 is 39.4 Å². The minimum atomic E-state index is 0.397. The van der Waals surface area contributed by atoms with E-state index >= 15 is 0 Å². The number of aromatic nitrogens is 3. The van der Waals surface area contributed by atoms with Crippen molar-refractivity contribution in [2.45, 2.75) is 44.7 Å². The summed E-state index contributed by atoms with van der Waals surface area (Å²) in [6.45, 7) is 5.83. The lowest BCUT2D eigenvalue weighted by molar-refractivity contribution is 0.00791. The van der Waals surface area contributed by atoms with Gasteiger partial charge in [0.15, 0.2) is 11.4 Å². The molecule has 1 aliphatic carbocycles. The fraction of sp³-hybridized carbons (Fsp3) is 0.550. The average molecular weight is 415 g/mol. The molecule has 2 fully saturated rings. The summed E-state index contributed by atoms with van der Waals surface area (Å²) in [5.74, 6) is 1.32. The summed E-state index contributed by atoms with van der Waals surface area (Å²) in [5.41, 5.74) is 2.50. The molecule has 1 saturated heterocycles. The van der Waals surface area contributed by atoms with Crippen molar-refractivity contribution in [3.8, 4) is 0 Å². The van der Waals surface area contributed by atoms with Crippen LogP contribution in [0.2, 0.25) is 0 Å². The number of rotatable bonds is 5. The first-order chi connectivity index (χ1) is 14.2. The van der Waals surface area contributed by atoms with Crippen LogP contribution >= 0.6 is 11.5 Å². The SMILES string of the molecule is Cc1cc(Nc2nc(NC3CCC(N4CCOCC4)CC3)c3occc3n2)sn1. The summed E-state index contributed by atoms with van der Waals surface area (Å²) in [6, 6.07) is 4.94. The van der Waals surface area contributed by atoms with E-state index in [-0.39, 0.29) is 0 Å². The predicted molar refractivity (Wildman–Crippen MR) is 114 cm³/mol. The maximum atomic E-state index is 5.67. The predicted octanol–water partition coefficient (Wildman–Crippen LogP) is 3.79. The number of nitrogens with zero attached hydrogens (tertiary/aromatic N) is 4. The summed E-state index contributed by atoms with van der Waals surface area (Å²) in [5, 5.41) is 7.83. The normalized spacial score (nSPS) is 23.3. The maximum absolute atomic E-state index is 5.67. The monoisotopic (exact) mass is 414 g/mol. The number of hydrogen-bond acceptors (Lipinski definition) is 9. The molecule has 3 aromatic heterocycles. The van der Waals surface area contributed by atoms with Crippen molar-refractivity contribution in [1.29, 1.82) is 0 Å². The van der Waals surface area contributed by atoms with Crippen molar-refractivity contribution in [2.24, 2.45) is 0 Å². The highest BCUT2D eigenvalue weighted by Crippen LogP contribution is 2.30. The molecule has 0 aromatic carbocycles. The molecule has 154 valence electrons. The number of anilines is 3. The van der Waals surface area contributed by atoms with Crippen LogP contribution in [-0.4, -0.2) is 57.6 Å². The van der Waals surface area contributed by atoms with Gasteiger partial charge in [0.25, 0.3) is 0 Å². The molecule has 2 aliphatic rings. The zero-order valence-corrected chi connectivity index (χ0v) is 17.4. The second-order valence-corrected chi connectivity index (χ2v) is 8.59. The van der Waals surface area contributed by atoms with E-state index in [0.29, 0.717) is 23.6 Å². The Balaban J connectivity index is 1.28. The lowest BCUT2D eigenvalue weighted by Gasteiger charge is -2.39. The molecule has 9 heteroatoms. The van der Waals surface area contributed by atoms with Crippen LogP contribution in [0.1, 0.15) is 31.4 Å². The zero-order valence-electron chi connectivity index (χ0n) is 16.6. The molecule has 0 spiro atoms. The second-order valence-electron chi connectivity index (χ2n) is 7.79. The molecule has 5 rings (SSSR count). The van der Waals surface area contributed by atoms with Gasteiger partial charge in [-0.25, -0.2) is 4.98 Å². The molecule has 3 aromatic rings. The van der Waals surface area contributed by atoms with Gasteiger partial charge in [-0.15, -0.1) is 0 Å². The van der Waals surface area contributed by atoms with Crippen molar-refractivity contribution in [3.63, 3.8) is 0 Å². The van der Waals surface area contributed by atoms with Crippen molar-refractivity contribution < 1.29 is 9.15 Å². The molecule has 0 unspecified atom stereocenters. The van der Waals surface area contributed by atoms with Crippen molar-refractivity contribution in [1.82, 2.24) is 19.2 Å². The summed E-state index contributed by atoms with van der Waals surface area (Å²) < 4.78 is 15.5. The molecular weight excluding hydrogens is 388 g/mol. The quantitative estimate of drug-likeness (QED) is 0.652. The lowest BCUT2D eigenvalue weighted by Crippen LogP contribution is -2.46. The van der Waals surface area contributed by atoms with Crippen LogP contribution in [0.25, 0.3) is 11.1 Å². The van der Waals surface area contributed by atoms with E-state index in [9.17, 15) is 0 Å². The standard InChI is InChI=1S/C20H26N6O2S/c1-13-12-17(29-25-13)23-20-22-16-6-9-28-18(16)19(24-20)21-14-2-4-15(5-3-14)26-7-10-27-11-8-26/h6,9,12,14-15H,2-5,7-8,10-11H2,1H3,(H2,21,22,23,24). The molecule has 0 bridgehead atoms. The molecule has 0 atom stereocenters. The Hall–Kier alpha value is -2.23. The first-order valence-electron chi connectivity index (χ1n) is 10.3. The van der Waals surface area contributed by atoms with Crippen LogP contribution in [0.5, 0.6) is 0 Å². The smallest absolute Gasteiger partial charge is 0.230 e. The Bertz CT molecular complexity index is 959. The Morgan fingerprint density at radius 3 is 2.72 bits per heavy atom. The van der Waals surface area contributed by atoms with Gasteiger partial charge in [0.1, 0.15) is 10.5 Å². The number of morpholine rings is 1. The zero-order chi connectivity index (χ0) is 19.6. The minimum absolute atomic E-state index is 0.397. The lowest BCUT2D eigenvalue weighted by atomic mass is 9.90. The number of furan rings is 1. The largest absolute Gasteiger partial charge is 0.459 e. The third-order valence-corrected chi connectivity index (χ3v) is 6.56. The van der Waals surface area contributed by atoms with Gasteiger partial charge in [0, 0.05) is 31.2 Å². The van der Waals surface area contributed by atoms with Gasteiger partial charge in [-0.2, -0.15) is 9.36 Å². The van der Waals surface area contributed by atoms with Gasteiger partial charge in [0.2, 0.25) is 5.95 Å². The number of aryl methyl sites for hydroxylation is 1. The molecule has 2 N–H and O–H groups in total. The highest BCUT2D eigenvalue weighted by Gasteiger charge is 2.27. The van der Waals surface area contributed by atoms with Crippen LogP contribution in [-0.2, 0) is 4.74 Å². The van der Waals surface area contributed by atoms with Crippen molar-refractivity contribution in [3.05, 3.63) is 24.1 Å². The summed E-state index contributed by atoms with van der Waals surface area (Å²) >= 11 is 1.41. The first kappa shape index (κ1) is 18.8. The minimum Gasteiger partial charge on any atom is -0.459 e. The maximum Gasteiger partial charge on any atom is 0.230 e. The topological polar surface area (TPSA) is 88.3 Å². The molecule has 29 heavy (non-hydrogen) atoms. The Morgan fingerprint density at radius 2 is 1.97 bits per heavy atom. The van der Waals surface area contributed by atoms with Gasteiger partial charge in [-0.05, 0) is 50.2 Å². The average Bonchev–Trinajstić information content (AvgIpc) is 3.38. The molecule has 0 radical (unpaired) electrons. The Labute approximate surface area is 173 Å². The van der Waals surface area contributed by atoms with Crippen LogP contribution in [0.4, 0.5) is 16.8 Å². The van der Waals surface area contributed by atoms with Gasteiger partial charge < -0.3 is 19.8 Å². The highest BCUT2D eigenvalue weighted by molar-refractivity contribution is 7.10. The third-order valence-electron chi connectivity index (χ3n) is 5.77. The number of ether oxygens (including phenoxy) is 1. The van der Waals surface area contributed by atoms with Gasteiger partial charge in [-0.1, -0.05) is 0 Å². The molecule has 0 amide bonds. The van der Waals surface area contributed by atoms with E-state index in [1.165, 1.54) is 24.4 Å². The van der Waals surface area contributed by atoms with Crippen LogP contribution in [0, 0.1) is 6.92 Å². The van der Waals surface area contributed by atoms with Gasteiger partial charge in [0.05, 0.1) is 25.2 Å². The highest BCUT2D eigenvalue weighted by atomic mass is 32.1. The number of nitrogens with one attached hydrogen (secondary N) is 2. The third kappa shape index (κ3) is 4.22. The van der Waals surface area contributed by atoms with Crippen LogP contribution < -0.4 is 10.6 Å². The van der Waals surface area contributed by atoms with Gasteiger partial charge in [-0.3, -0.25) is 4.90 Å². The molecule has 4 heterocycles. The van der Waals surface area contributed by atoms with Crippen LogP contribution in [0.15, 0.2) is 22.8 Å². The fourth-order valence-electron chi connectivity index (χ4n) is 4.27. The summed E-state index contributed by atoms with van der Waals surface area (Å²) in [4.78, 5) is 11.9. The number of hydrogen-bond donors (Lipinski definition) is 2. The van der Waals surface area contributed by atoms with E-state index in [1.54, 1.807) is 6.26 Å². The summed E-state index contributed by atoms with van der Waals surface area (Å²) in [7, 11) is 0. The van der Waals surface area contributed by atoms with E-state index in [1.807, 2.05) is 19.1 Å². The van der Waals surface area contributed by atoms with Crippen LogP contribution in [0.3, 0.4) is 0 Å². The fourth-order valence-corrected chi connectivity index (χ4v) is 4.93. The molecular formula is C20H26N6O2S. The molecule has 1 saturated carbocycles. The van der Waals surface area contributed by atoms with E-state index in [0.717, 1.165) is 61.2 Å². The summed E-state index contributed by atoms with van der Waals surface area (Å²) in [6.07, 6.45) is 6.33. The van der Waals surface area contributed by atoms with Gasteiger partial charge >= 0.3 is 0 Å². The first-order valence-corrected chi connectivity index (χ1v) is 11.1. The Morgan fingerprint density at radius 1 is 1.14 bits per heavy atom. The molecule has 8 nitrogen and oxygen atoms in total. The second kappa shape index (κ2) is 8.25.